The summed E-state index contributed by atoms with van der Waals surface area (Å²) in [6, 6.07) is 24.0. The number of hydrogen-bond donors (Lipinski definition) is 1. The molecule has 0 radical (unpaired) electrons. The molecule has 0 atom stereocenters. The summed E-state index contributed by atoms with van der Waals surface area (Å²) >= 11 is 0. The zero-order chi connectivity index (χ0) is 22.6. The molecule has 1 amide bonds. The molecule has 162 valence electrons. The van der Waals surface area contributed by atoms with E-state index in [4.69, 9.17) is 0 Å². The highest BCUT2D eigenvalue weighted by molar-refractivity contribution is 5.96. The number of anilines is 1. The maximum Gasteiger partial charge on any atom is 0.246 e. The molecule has 5 rings (SSSR count). The average Bonchev–Trinajstić information content (AvgIpc) is 3.17. The Kier molecular flexibility index (Phi) is 5.64. The molecule has 0 aliphatic rings. The fraction of sp³-hybridized carbons (Fsp3) is 0.111. The van der Waals surface area contributed by atoms with Crippen LogP contribution in [0.4, 0.5) is 5.69 Å². The topological polar surface area (TPSA) is 72.7 Å². The largest absolute Gasteiger partial charge is 0.324 e. The third-order valence-electron chi connectivity index (χ3n) is 5.58. The number of rotatable bonds is 6. The highest BCUT2D eigenvalue weighted by Crippen LogP contribution is 2.29. The van der Waals surface area contributed by atoms with Crippen molar-refractivity contribution < 1.29 is 4.79 Å². The van der Waals surface area contributed by atoms with Crippen molar-refractivity contribution in [1.29, 1.82) is 0 Å². The molecule has 0 saturated carbocycles. The molecule has 2 aromatic carbocycles. The minimum atomic E-state index is -0.145. The summed E-state index contributed by atoms with van der Waals surface area (Å²) in [7, 11) is 0. The van der Waals surface area contributed by atoms with E-state index in [9.17, 15) is 4.79 Å². The standard InChI is InChI=1S/C27H23N5O/c1-19-26-24(22-5-3-2-4-6-22)13-16-29-27(26)32(31-19)18-25(33)30-23-9-7-20(8-10-23)17-21-11-14-28-15-12-21/h2-16H,17-18H2,1H3,(H,30,33). The summed E-state index contributed by atoms with van der Waals surface area (Å²) in [4.78, 5) is 21.3. The van der Waals surface area contributed by atoms with E-state index in [2.05, 4.69) is 32.5 Å². The first-order chi connectivity index (χ1) is 16.2. The normalized spacial score (nSPS) is 10.9. The summed E-state index contributed by atoms with van der Waals surface area (Å²) in [5.41, 5.74) is 6.85. The molecular weight excluding hydrogens is 410 g/mol. The minimum Gasteiger partial charge on any atom is -0.324 e. The Morgan fingerprint density at radius 2 is 1.61 bits per heavy atom. The number of aryl methyl sites for hydroxylation is 1. The lowest BCUT2D eigenvalue weighted by Gasteiger charge is -2.08. The number of carbonyl (C=O) groups excluding carboxylic acids is 1. The van der Waals surface area contributed by atoms with Crippen molar-refractivity contribution in [2.24, 2.45) is 0 Å². The Bertz CT molecular complexity index is 1390. The Hall–Kier alpha value is -4.32. The molecular formula is C27H23N5O. The highest BCUT2D eigenvalue weighted by Gasteiger charge is 2.16. The van der Waals surface area contributed by atoms with Crippen LogP contribution in [0.3, 0.4) is 0 Å². The molecule has 6 nitrogen and oxygen atoms in total. The molecule has 5 aromatic rings. The van der Waals surface area contributed by atoms with Gasteiger partial charge in [0.15, 0.2) is 5.65 Å². The van der Waals surface area contributed by atoms with Crippen LogP contribution in [-0.2, 0) is 17.8 Å². The van der Waals surface area contributed by atoms with Crippen LogP contribution in [0.5, 0.6) is 0 Å². The van der Waals surface area contributed by atoms with Crippen LogP contribution < -0.4 is 5.32 Å². The van der Waals surface area contributed by atoms with Gasteiger partial charge in [-0.05, 0) is 65.9 Å². The number of pyridine rings is 2. The fourth-order valence-electron chi connectivity index (χ4n) is 4.03. The molecule has 0 unspecified atom stereocenters. The predicted octanol–water partition coefficient (Wildman–Crippen LogP) is 5.03. The van der Waals surface area contributed by atoms with Crippen LogP contribution in [0.1, 0.15) is 16.8 Å². The third-order valence-corrected chi connectivity index (χ3v) is 5.58. The van der Waals surface area contributed by atoms with Crippen molar-refractivity contribution in [2.75, 3.05) is 5.32 Å². The van der Waals surface area contributed by atoms with Gasteiger partial charge in [-0.15, -0.1) is 0 Å². The van der Waals surface area contributed by atoms with Crippen molar-refractivity contribution in [3.8, 4) is 11.1 Å². The predicted molar refractivity (Wildman–Crippen MR) is 130 cm³/mol. The second-order valence-corrected chi connectivity index (χ2v) is 7.94. The molecule has 0 aliphatic heterocycles. The number of benzene rings is 2. The van der Waals surface area contributed by atoms with E-state index in [0.717, 1.165) is 34.3 Å². The first-order valence-electron chi connectivity index (χ1n) is 10.8. The molecule has 6 heteroatoms. The molecule has 0 saturated heterocycles. The van der Waals surface area contributed by atoms with Crippen LogP contribution in [0.25, 0.3) is 22.2 Å². The van der Waals surface area contributed by atoms with Crippen molar-refractivity contribution in [1.82, 2.24) is 19.7 Å². The molecule has 0 bridgehead atoms. The lowest BCUT2D eigenvalue weighted by Crippen LogP contribution is -2.19. The Morgan fingerprint density at radius 1 is 0.879 bits per heavy atom. The maximum atomic E-state index is 12.8. The van der Waals surface area contributed by atoms with Crippen molar-refractivity contribution in [2.45, 2.75) is 19.9 Å². The first kappa shape index (κ1) is 20.6. The zero-order valence-electron chi connectivity index (χ0n) is 18.3. The molecule has 33 heavy (non-hydrogen) atoms. The SMILES string of the molecule is Cc1nn(CC(=O)Nc2ccc(Cc3ccncc3)cc2)c2nccc(-c3ccccc3)c12. The van der Waals surface area contributed by atoms with Gasteiger partial charge in [0, 0.05) is 29.7 Å². The Labute approximate surface area is 192 Å². The van der Waals surface area contributed by atoms with Crippen molar-refractivity contribution in [3.05, 3.63) is 108 Å². The smallest absolute Gasteiger partial charge is 0.246 e. The van der Waals surface area contributed by atoms with Gasteiger partial charge >= 0.3 is 0 Å². The van der Waals surface area contributed by atoms with Gasteiger partial charge in [0.1, 0.15) is 6.54 Å². The first-order valence-corrected chi connectivity index (χ1v) is 10.8. The summed E-state index contributed by atoms with van der Waals surface area (Å²) in [5, 5.41) is 8.54. The van der Waals surface area contributed by atoms with Crippen LogP contribution in [-0.4, -0.2) is 25.7 Å². The van der Waals surface area contributed by atoms with E-state index in [1.54, 1.807) is 23.3 Å². The highest BCUT2D eigenvalue weighted by atomic mass is 16.2. The average molecular weight is 434 g/mol. The van der Waals surface area contributed by atoms with Gasteiger partial charge in [-0.2, -0.15) is 5.10 Å². The van der Waals surface area contributed by atoms with Gasteiger partial charge in [-0.1, -0.05) is 42.5 Å². The number of fused-ring (bicyclic) bond motifs is 1. The Balaban J connectivity index is 1.32. The summed E-state index contributed by atoms with van der Waals surface area (Å²) in [6.07, 6.45) is 6.18. The molecule has 1 N–H and O–H groups in total. The number of amides is 1. The van der Waals surface area contributed by atoms with E-state index < -0.39 is 0 Å². The lowest BCUT2D eigenvalue weighted by molar-refractivity contribution is -0.116. The summed E-state index contributed by atoms with van der Waals surface area (Å²) in [5.74, 6) is -0.145. The van der Waals surface area contributed by atoms with Crippen LogP contribution >= 0.6 is 0 Å². The molecule has 3 aromatic heterocycles. The van der Waals surface area contributed by atoms with E-state index in [1.165, 1.54) is 11.1 Å². The second kappa shape index (κ2) is 9.04. The van der Waals surface area contributed by atoms with Gasteiger partial charge < -0.3 is 5.32 Å². The van der Waals surface area contributed by atoms with Gasteiger partial charge in [-0.25, -0.2) is 9.67 Å². The second-order valence-electron chi connectivity index (χ2n) is 7.94. The van der Waals surface area contributed by atoms with E-state index in [0.29, 0.717) is 5.65 Å². The summed E-state index contributed by atoms with van der Waals surface area (Å²) < 4.78 is 1.67. The number of nitrogens with one attached hydrogen (secondary N) is 1. The van der Waals surface area contributed by atoms with Crippen molar-refractivity contribution in [3.63, 3.8) is 0 Å². The summed E-state index contributed by atoms with van der Waals surface area (Å²) in [6.45, 7) is 2.04. The lowest BCUT2D eigenvalue weighted by atomic mass is 10.0. The molecule has 0 aliphatic carbocycles. The third kappa shape index (κ3) is 4.50. The van der Waals surface area contributed by atoms with Crippen molar-refractivity contribution >= 4 is 22.6 Å². The van der Waals surface area contributed by atoms with E-state index in [1.807, 2.05) is 67.6 Å². The molecule has 0 spiro atoms. The van der Waals surface area contributed by atoms with Gasteiger partial charge in [0.05, 0.1) is 5.69 Å². The van der Waals surface area contributed by atoms with Gasteiger partial charge in [0.2, 0.25) is 5.91 Å². The van der Waals surface area contributed by atoms with E-state index in [-0.39, 0.29) is 12.5 Å². The monoisotopic (exact) mass is 433 g/mol. The number of carbonyl (C=O) groups is 1. The van der Waals surface area contributed by atoms with Crippen LogP contribution in [0, 0.1) is 6.92 Å². The number of aromatic nitrogens is 4. The quantitative estimate of drug-likeness (QED) is 0.408. The van der Waals surface area contributed by atoms with Crippen LogP contribution in [0.15, 0.2) is 91.4 Å². The van der Waals surface area contributed by atoms with Crippen LogP contribution in [0.2, 0.25) is 0 Å². The minimum absolute atomic E-state index is 0.0916. The Morgan fingerprint density at radius 3 is 2.36 bits per heavy atom. The zero-order valence-corrected chi connectivity index (χ0v) is 18.3. The fourth-order valence-corrected chi connectivity index (χ4v) is 4.03. The maximum absolute atomic E-state index is 12.8. The molecule has 3 heterocycles. The number of hydrogen-bond acceptors (Lipinski definition) is 4. The van der Waals surface area contributed by atoms with Gasteiger partial charge in [0.25, 0.3) is 0 Å². The van der Waals surface area contributed by atoms with E-state index >= 15 is 0 Å². The van der Waals surface area contributed by atoms with Gasteiger partial charge in [-0.3, -0.25) is 9.78 Å². The number of nitrogens with zero attached hydrogens (tertiary/aromatic N) is 4. The molecule has 0 fully saturated rings.